The lowest BCUT2D eigenvalue weighted by Crippen LogP contribution is -2.51. The lowest BCUT2D eigenvalue weighted by atomic mass is 9.74. The summed E-state index contributed by atoms with van der Waals surface area (Å²) in [6.45, 7) is 8.19. The SMILES string of the molecule is Cc1ccc([C@H](C)N2CC[C@](CC(C)(C)C(N)=O)(c3ccccc3)OC2=O)cc1. The van der Waals surface area contributed by atoms with Gasteiger partial charge in [-0.15, -0.1) is 0 Å². The predicted molar refractivity (Wildman–Crippen MR) is 113 cm³/mol. The van der Waals surface area contributed by atoms with Crippen LogP contribution in [0.15, 0.2) is 54.6 Å². The molecule has 1 fully saturated rings. The van der Waals surface area contributed by atoms with Crippen LogP contribution >= 0.6 is 0 Å². The molecule has 2 aromatic carbocycles. The molecule has 3 rings (SSSR count). The molecule has 0 bridgehead atoms. The van der Waals surface area contributed by atoms with Crippen LogP contribution in [0.2, 0.25) is 0 Å². The molecule has 0 radical (unpaired) electrons. The fourth-order valence-electron chi connectivity index (χ4n) is 4.02. The molecule has 5 nitrogen and oxygen atoms in total. The molecule has 1 aliphatic heterocycles. The van der Waals surface area contributed by atoms with Gasteiger partial charge in [-0.3, -0.25) is 4.79 Å². The van der Waals surface area contributed by atoms with Gasteiger partial charge in [0.1, 0.15) is 5.60 Å². The van der Waals surface area contributed by atoms with Gasteiger partial charge in [0, 0.05) is 24.8 Å². The monoisotopic (exact) mass is 394 g/mol. The number of aryl methyl sites for hydroxylation is 1. The first-order valence-corrected chi connectivity index (χ1v) is 10.1. The van der Waals surface area contributed by atoms with Gasteiger partial charge in [0.2, 0.25) is 5.91 Å². The van der Waals surface area contributed by atoms with Crippen molar-refractivity contribution in [2.24, 2.45) is 11.1 Å². The lowest BCUT2D eigenvalue weighted by Gasteiger charge is -2.46. The van der Waals surface area contributed by atoms with Gasteiger partial charge in [-0.2, -0.15) is 0 Å². The summed E-state index contributed by atoms with van der Waals surface area (Å²) >= 11 is 0. The van der Waals surface area contributed by atoms with Crippen molar-refractivity contribution in [3.8, 4) is 0 Å². The van der Waals surface area contributed by atoms with Crippen LogP contribution < -0.4 is 5.73 Å². The topological polar surface area (TPSA) is 72.6 Å². The molecule has 0 aromatic heterocycles. The van der Waals surface area contributed by atoms with E-state index >= 15 is 0 Å². The Morgan fingerprint density at radius 2 is 1.79 bits per heavy atom. The Balaban J connectivity index is 1.89. The molecule has 2 aromatic rings. The van der Waals surface area contributed by atoms with Crippen LogP contribution in [-0.2, 0) is 15.1 Å². The summed E-state index contributed by atoms with van der Waals surface area (Å²) in [5, 5.41) is 0. The Hall–Kier alpha value is -2.82. The van der Waals surface area contributed by atoms with E-state index in [0.29, 0.717) is 19.4 Å². The van der Waals surface area contributed by atoms with Crippen LogP contribution in [-0.4, -0.2) is 23.4 Å². The minimum absolute atomic E-state index is 0.0963. The Labute approximate surface area is 172 Å². The summed E-state index contributed by atoms with van der Waals surface area (Å²) in [5.41, 5.74) is 7.09. The number of nitrogens with two attached hydrogens (primary N) is 1. The highest BCUT2D eigenvalue weighted by Crippen LogP contribution is 2.44. The Kier molecular flexibility index (Phi) is 5.69. The number of ether oxygens (including phenoxy) is 1. The van der Waals surface area contributed by atoms with Crippen LogP contribution in [0.5, 0.6) is 0 Å². The third kappa shape index (κ3) is 4.29. The van der Waals surface area contributed by atoms with Crippen molar-refractivity contribution < 1.29 is 14.3 Å². The van der Waals surface area contributed by atoms with Gasteiger partial charge >= 0.3 is 6.09 Å². The van der Waals surface area contributed by atoms with Gasteiger partial charge in [0.25, 0.3) is 0 Å². The summed E-state index contributed by atoms with van der Waals surface area (Å²) < 4.78 is 6.10. The van der Waals surface area contributed by atoms with Crippen LogP contribution in [0.1, 0.15) is 56.3 Å². The maximum absolute atomic E-state index is 13.1. The minimum Gasteiger partial charge on any atom is -0.438 e. The van der Waals surface area contributed by atoms with E-state index in [9.17, 15) is 9.59 Å². The number of cyclic esters (lactones) is 1. The first-order valence-electron chi connectivity index (χ1n) is 10.1. The van der Waals surface area contributed by atoms with Crippen molar-refractivity contribution >= 4 is 12.0 Å². The fourth-order valence-corrected chi connectivity index (χ4v) is 4.02. The van der Waals surface area contributed by atoms with E-state index in [-0.39, 0.29) is 12.1 Å². The average molecular weight is 395 g/mol. The van der Waals surface area contributed by atoms with E-state index in [1.54, 1.807) is 18.7 Å². The third-order valence-electron chi connectivity index (χ3n) is 6.00. The molecular weight excluding hydrogens is 364 g/mol. The zero-order valence-corrected chi connectivity index (χ0v) is 17.6. The van der Waals surface area contributed by atoms with E-state index in [1.165, 1.54) is 5.56 Å². The van der Waals surface area contributed by atoms with Crippen molar-refractivity contribution in [1.82, 2.24) is 4.90 Å². The normalized spacial score (nSPS) is 20.8. The Morgan fingerprint density at radius 1 is 1.17 bits per heavy atom. The number of carbonyl (C=O) groups excluding carboxylic acids is 2. The van der Waals surface area contributed by atoms with Gasteiger partial charge in [-0.25, -0.2) is 4.79 Å². The molecule has 0 spiro atoms. The van der Waals surface area contributed by atoms with Crippen molar-refractivity contribution in [2.75, 3.05) is 6.54 Å². The third-order valence-corrected chi connectivity index (χ3v) is 6.00. The molecule has 2 atom stereocenters. The fraction of sp³-hybridized carbons (Fsp3) is 0.417. The second-order valence-corrected chi connectivity index (χ2v) is 8.68. The average Bonchev–Trinajstić information content (AvgIpc) is 2.68. The number of hydrogen-bond donors (Lipinski definition) is 1. The highest BCUT2D eigenvalue weighted by molar-refractivity contribution is 5.80. The Bertz CT molecular complexity index is 877. The zero-order chi connectivity index (χ0) is 21.2. The molecule has 1 saturated heterocycles. The molecule has 154 valence electrons. The number of nitrogens with zero attached hydrogens (tertiary/aromatic N) is 1. The smallest absolute Gasteiger partial charge is 0.411 e. The van der Waals surface area contributed by atoms with Crippen LogP contribution in [0.4, 0.5) is 4.79 Å². The predicted octanol–water partition coefficient (Wildman–Crippen LogP) is 4.70. The number of primary amides is 1. The molecular formula is C24H30N2O3. The molecule has 2 N–H and O–H groups in total. The second-order valence-electron chi connectivity index (χ2n) is 8.68. The maximum atomic E-state index is 13.1. The van der Waals surface area contributed by atoms with Crippen molar-refractivity contribution in [2.45, 2.75) is 52.2 Å². The van der Waals surface area contributed by atoms with Gasteiger partial charge < -0.3 is 15.4 Å². The molecule has 5 heteroatoms. The van der Waals surface area contributed by atoms with Crippen LogP contribution in [0.25, 0.3) is 0 Å². The van der Waals surface area contributed by atoms with E-state index in [4.69, 9.17) is 10.5 Å². The summed E-state index contributed by atoms with van der Waals surface area (Å²) in [4.78, 5) is 26.9. The van der Waals surface area contributed by atoms with Crippen molar-refractivity contribution in [3.05, 3.63) is 71.3 Å². The highest BCUT2D eigenvalue weighted by Gasteiger charge is 2.48. The number of carbonyl (C=O) groups is 2. The van der Waals surface area contributed by atoms with E-state index in [1.807, 2.05) is 68.4 Å². The van der Waals surface area contributed by atoms with Crippen molar-refractivity contribution in [3.63, 3.8) is 0 Å². The maximum Gasteiger partial charge on any atom is 0.411 e. The van der Waals surface area contributed by atoms with E-state index < -0.39 is 16.9 Å². The highest BCUT2D eigenvalue weighted by atomic mass is 16.6. The molecule has 0 saturated carbocycles. The standard InChI is InChI=1S/C24H30N2O3/c1-17-10-12-19(13-11-17)18(2)26-15-14-24(29-22(26)28,16-23(3,4)21(25)27)20-8-6-5-7-9-20/h5-13,18H,14-16H2,1-4H3,(H2,25,27)/t18-,24-/m0/s1. The lowest BCUT2D eigenvalue weighted by molar-refractivity contribution is -0.133. The molecule has 0 unspecified atom stereocenters. The van der Waals surface area contributed by atoms with Gasteiger partial charge in [0.05, 0.1) is 6.04 Å². The number of rotatable bonds is 6. The van der Waals surface area contributed by atoms with Crippen LogP contribution in [0, 0.1) is 12.3 Å². The minimum atomic E-state index is -0.875. The second kappa shape index (κ2) is 7.90. The molecule has 1 heterocycles. The number of benzene rings is 2. The molecule has 0 aliphatic carbocycles. The largest absolute Gasteiger partial charge is 0.438 e. The summed E-state index contributed by atoms with van der Waals surface area (Å²) in [5.74, 6) is -0.403. The van der Waals surface area contributed by atoms with E-state index in [0.717, 1.165) is 11.1 Å². The molecule has 2 amide bonds. The molecule has 1 aliphatic rings. The molecule has 29 heavy (non-hydrogen) atoms. The van der Waals surface area contributed by atoms with Gasteiger partial charge in [-0.1, -0.05) is 74.0 Å². The van der Waals surface area contributed by atoms with E-state index in [2.05, 4.69) is 0 Å². The van der Waals surface area contributed by atoms with Gasteiger partial charge in [0.15, 0.2) is 0 Å². The number of hydrogen-bond acceptors (Lipinski definition) is 3. The van der Waals surface area contributed by atoms with Crippen LogP contribution in [0.3, 0.4) is 0 Å². The summed E-state index contributed by atoms with van der Waals surface area (Å²) in [7, 11) is 0. The quantitative estimate of drug-likeness (QED) is 0.772. The number of amides is 2. The first-order chi connectivity index (χ1) is 13.6. The Morgan fingerprint density at radius 3 is 2.34 bits per heavy atom. The van der Waals surface area contributed by atoms with Crippen molar-refractivity contribution in [1.29, 1.82) is 0 Å². The van der Waals surface area contributed by atoms with Gasteiger partial charge in [-0.05, 0) is 25.0 Å². The zero-order valence-electron chi connectivity index (χ0n) is 17.6. The summed E-state index contributed by atoms with van der Waals surface area (Å²) in [6.07, 6.45) is 0.571. The summed E-state index contributed by atoms with van der Waals surface area (Å²) in [6, 6.07) is 17.7. The first kappa shape index (κ1) is 20.9.